The third-order valence-corrected chi connectivity index (χ3v) is 31.6. The fourth-order valence-corrected chi connectivity index (χ4v) is 22.6. The van der Waals surface area contributed by atoms with Crippen LogP contribution in [-0.4, -0.2) is 15.2 Å². The van der Waals surface area contributed by atoms with E-state index in [4.69, 9.17) is 0 Å². The predicted octanol–water partition coefficient (Wildman–Crippen LogP) is 8.06. The summed E-state index contributed by atoms with van der Waals surface area (Å²) in [6, 6.07) is 0. The van der Waals surface area contributed by atoms with Crippen LogP contribution in [-0.2, 0) is 0 Å². The molecule has 4 aliphatic carbocycles. The molecule has 4 fully saturated rings. The van der Waals surface area contributed by atoms with Crippen LogP contribution in [0.4, 0.5) is 0 Å². The van der Waals surface area contributed by atoms with Gasteiger partial charge in [0.25, 0.3) is 0 Å². The molecule has 0 spiro atoms. The highest BCUT2D eigenvalue weighted by Crippen LogP contribution is 2.61. The van der Waals surface area contributed by atoms with E-state index in [1.807, 2.05) is 0 Å². The summed E-state index contributed by atoms with van der Waals surface area (Å²) >= 11 is 0. The van der Waals surface area contributed by atoms with Crippen LogP contribution >= 0.6 is 0 Å². The summed E-state index contributed by atoms with van der Waals surface area (Å²) in [5, 5.41) is 0. The summed E-state index contributed by atoms with van der Waals surface area (Å²) in [6.07, 6.45) is 19.0. The minimum Gasteiger partial charge on any atom is -0.0711 e. The molecule has 0 heterocycles. The van der Waals surface area contributed by atoms with Gasteiger partial charge in [0.05, 0.1) is 0 Å². The lowest BCUT2D eigenvalue weighted by atomic mass is 9.71. The number of hydrogen-bond donors (Lipinski definition) is 0. The molecule has 0 aliphatic heterocycles. The van der Waals surface area contributed by atoms with Gasteiger partial charge in [0.2, 0.25) is 0 Å². The Morgan fingerprint density at radius 1 is 0.692 bits per heavy atom. The Kier molecular flexibility index (Phi) is 5.58. The number of rotatable bonds is 5. The third kappa shape index (κ3) is 3.23. The SMILES string of the molecule is CCCC1CCC([Si](C)(C)[Si](C)(C)C2CCC3CC4CCCC4CC32)C1. The molecule has 4 aliphatic rings. The Morgan fingerprint density at radius 3 is 2.15 bits per heavy atom. The van der Waals surface area contributed by atoms with Gasteiger partial charge in [-0.3, -0.25) is 0 Å². The molecule has 0 aromatic rings. The lowest BCUT2D eigenvalue weighted by Gasteiger charge is -2.50. The quantitative estimate of drug-likeness (QED) is 0.416. The van der Waals surface area contributed by atoms with Crippen molar-refractivity contribution in [3.8, 4) is 0 Å². The zero-order valence-corrected chi connectivity index (χ0v) is 20.5. The molecule has 0 aromatic heterocycles. The van der Waals surface area contributed by atoms with Gasteiger partial charge in [0.1, 0.15) is 0 Å². The zero-order valence-electron chi connectivity index (χ0n) is 18.5. The van der Waals surface area contributed by atoms with Gasteiger partial charge in [0, 0.05) is 15.2 Å². The van der Waals surface area contributed by atoms with Gasteiger partial charge in [-0.1, -0.05) is 97.3 Å². The summed E-state index contributed by atoms with van der Waals surface area (Å²) in [7, 11) is -2.23. The average molecular weight is 391 g/mol. The normalized spacial score (nSPS) is 43.5. The molecule has 0 amide bonds. The molecule has 150 valence electrons. The Hall–Kier alpha value is 0.434. The Balaban J connectivity index is 1.48. The Morgan fingerprint density at radius 2 is 1.42 bits per heavy atom. The molecule has 0 bridgehead atoms. The third-order valence-electron chi connectivity index (χ3n) is 10.8. The highest BCUT2D eigenvalue weighted by Gasteiger charge is 2.57. The van der Waals surface area contributed by atoms with Gasteiger partial charge < -0.3 is 0 Å². The molecule has 26 heavy (non-hydrogen) atoms. The fraction of sp³-hybridized carbons (Fsp3) is 1.00. The second kappa shape index (κ2) is 7.36. The van der Waals surface area contributed by atoms with Gasteiger partial charge in [0.15, 0.2) is 0 Å². The summed E-state index contributed by atoms with van der Waals surface area (Å²) < 4.78 is 0. The highest BCUT2D eigenvalue weighted by molar-refractivity contribution is 7.41. The van der Waals surface area contributed by atoms with Crippen LogP contribution in [0.2, 0.25) is 37.3 Å². The number of fused-ring (bicyclic) bond motifs is 2. The van der Waals surface area contributed by atoms with Crippen molar-refractivity contribution in [2.45, 2.75) is 121 Å². The van der Waals surface area contributed by atoms with Gasteiger partial charge in [-0.2, -0.15) is 0 Å². The second-order valence-corrected chi connectivity index (χ2v) is 28.3. The molecule has 7 atom stereocenters. The van der Waals surface area contributed by atoms with Crippen molar-refractivity contribution >= 4 is 15.2 Å². The first-order chi connectivity index (χ1) is 12.3. The molecule has 0 saturated heterocycles. The lowest BCUT2D eigenvalue weighted by molar-refractivity contribution is 0.156. The van der Waals surface area contributed by atoms with E-state index in [2.05, 4.69) is 33.1 Å². The maximum atomic E-state index is 2.89. The van der Waals surface area contributed by atoms with Gasteiger partial charge in [-0.25, -0.2) is 0 Å². The summed E-state index contributed by atoms with van der Waals surface area (Å²) in [5.41, 5.74) is 2.36. The van der Waals surface area contributed by atoms with Crippen LogP contribution in [0.1, 0.15) is 84.0 Å². The van der Waals surface area contributed by atoms with Gasteiger partial charge in [-0.15, -0.1) is 0 Å². The monoisotopic (exact) mass is 390 g/mol. The van der Waals surface area contributed by atoms with Crippen LogP contribution in [0, 0.1) is 29.6 Å². The maximum Gasteiger partial charge on any atom is 0.0448 e. The fourth-order valence-electron chi connectivity index (χ4n) is 8.57. The molecule has 2 heteroatoms. The van der Waals surface area contributed by atoms with E-state index in [0.29, 0.717) is 0 Å². The van der Waals surface area contributed by atoms with Crippen LogP contribution in [0.5, 0.6) is 0 Å². The van der Waals surface area contributed by atoms with Crippen LogP contribution in [0.25, 0.3) is 0 Å². The van der Waals surface area contributed by atoms with Crippen molar-refractivity contribution in [3.05, 3.63) is 0 Å². The zero-order chi connectivity index (χ0) is 18.5. The van der Waals surface area contributed by atoms with Crippen molar-refractivity contribution in [1.82, 2.24) is 0 Å². The van der Waals surface area contributed by atoms with Crippen LogP contribution < -0.4 is 0 Å². The van der Waals surface area contributed by atoms with E-state index >= 15 is 0 Å². The Bertz CT molecular complexity index is 496. The number of hydrogen-bond acceptors (Lipinski definition) is 0. The van der Waals surface area contributed by atoms with Gasteiger partial charge >= 0.3 is 0 Å². The van der Waals surface area contributed by atoms with E-state index in [1.165, 1.54) is 23.9 Å². The first-order valence-electron chi connectivity index (χ1n) is 12.3. The molecule has 0 N–H and O–H groups in total. The van der Waals surface area contributed by atoms with Crippen molar-refractivity contribution in [1.29, 1.82) is 0 Å². The smallest absolute Gasteiger partial charge is 0.0448 e. The summed E-state index contributed by atoms with van der Waals surface area (Å²) in [5.74, 6) is 5.69. The van der Waals surface area contributed by atoms with Crippen molar-refractivity contribution < 1.29 is 0 Å². The molecule has 0 nitrogen and oxygen atoms in total. The van der Waals surface area contributed by atoms with Crippen LogP contribution in [0.3, 0.4) is 0 Å². The molecular formula is C24H46Si2. The van der Waals surface area contributed by atoms with E-state index in [1.54, 1.807) is 64.2 Å². The van der Waals surface area contributed by atoms with Crippen molar-refractivity contribution in [2.75, 3.05) is 0 Å². The molecule has 0 aromatic carbocycles. The summed E-state index contributed by atoms with van der Waals surface area (Å²) in [4.78, 5) is 0. The average Bonchev–Trinajstić information content (AvgIpc) is 3.31. The topological polar surface area (TPSA) is 0 Å². The minimum absolute atomic E-state index is 1.09. The summed E-state index contributed by atoms with van der Waals surface area (Å²) in [6.45, 7) is 13.9. The van der Waals surface area contributed by atoms with E-state index in [9.17, 15) is 0 Å². The standard InChI is InChI=1S/C24H46Si2/c1-6-8-18-11-13-22(15-18)25(2,3)26(4,5)24-14-12-21-16-19-9-7-10-20(19)17-23(21)24/h18-24H,6-17H2,1-5H3. The minimum atomic E-state index is -1.13. The highest BCUT2D eigenvalue weighted by atomic mass is 29.3. The largest absolute Gasteiger partial charge is 0.0711 e. The van der Waals surface area contributed by atoms with E-state index in [-0.39, 0.29) is 0 Å². The van der Waals surface area contributed by atoms with Crippen LogP contribution in [0.15, 0.2) is 0 Å². The first kappa shape index (κ1) is 19.7. The molecule has 7 unspecified atom stereocenters. The molecule has 0 radical (unpaired) electrons. The van der Waals surface area contributed by atoms with Crippen molar-refractivity contribution in [3.63, 3.8) is 0 Å². The maximum absolute atomic E-state index is 2.89. The van der Waals surface area contributed by atoms with E-state index in [0.717, 1.165) is 29.6 Å². The molecular weight excluding hydrogens is 344 g/mol. The molecule has 4 rings (SSSR count). The second-order valence-electron chi connectivity index (χ2n) is 12.1. The van der Waals surface area contributed by atoms with E-state index < -0.39 is 15.2 Å². The van der Waals surface area contributed by atoms with Crippen molar-refractivity contribution in [2.24, 2.45) is 29.6 Å². The Labute approximate surface area is 166 Å². The molecule has 4 saturated carbocycles. The first-order valence-corrected chi connectivity index (χ1v) is 19.5. The van der Waals surface area contributed by atoms with Gasteiger partial charge in [-0.05, 0) is 53.5 Å². The predicted molar refractivity (Wildman–Crippen MR) is 121 cm³/mol. The lowest BCUT2D eigenvalue weighted by Crippen LogP contribution is -2.61.